The third-order valence-electron chi connectivity index (χ3n) is 4.27. The van der Waals surface area contributed by atoms with Gasteiger partial charge in [0, 0.05) is 24.4 Å². The molecule has 1 aromatic carbocycles. The number of nitro groups is 1. The maximum atomic E-state index is 11.0. The average Bonchev–Trinajstić information content (AvgIpc) is 2.46. The molecular formula is C16H24N2O3. The van der Waals surface area contributed by atoms with E-state index in [1.165, 1.54) is 31.7 Å². The van der Waals surface area contributed by atoms with Crippen LogP contribution in [0.5, 0.6) is 5.75 Å². The zero-order chi connectivity index (χ0) is 15.2. The van der Waals surface area contributed by atoms with Crippen molar-refractivity contribution in [3.63, 3.8) is 0 Å². The monoisotopic (exact) mass is 292 g/mol. The number of hydrogen-bond donors (Lipinski definition) is 1. The summed E-state index contributed by atoms with van der Waals surface area (Å²) in [5.74, 6) is 1.91. The van der Waals surface area contributed by atoms with E-state index in [1.54, 1.807) is 6.07 Å². The van der Waals surface area contributed by atoms with Crippen LogP contribution in [0.25, 0.3) is 0 Å². The summed E-state index contributed by atoms with van der Waals surface area (Å²) in [5, 5.41) is 14.3. The summed E-state index contributed by atoms with van der Waals surface area (Å²) in [7, 11) is 0. The smallest absolute Gasteiger partial charge is 0.275 e. The van der Waals surface area contributed by atoms with E-state index < -0.39 is 0 Å². The Kier molecular flexibility index (Phi) is 5.42. The van der Waals surface area contributed by atoms with Gasteiger partial charge in [-0.15, -0.1) is 0 Å². The van der Waals surface area contributed by atoms with Crippen LogP contribution >= 0.6 is 0 Å². The molecule has 2 rings (SSSR count). The van der Waals surface area contributed by atoms with Crippen LogP contribution < -0.4 is 10.1 Å². The number of benzene rings is 1. The van der Waals surface area contributed by atoms with Crippen molar-refractivity contribution in [1.82, 2.24) is 0 Å². The third kappa shape index (κ3) is 4.34. The maximum Gasteiger partial charge on any atom is 0.275 e. The molecule has 2 unspecified atom stereocenters. The van der Waals surface area contributed by atoms with Crippen LogP contribution in [0.3, 0.4) is 0 Å². The highest BCUT2D eigenvalue weighted by Crippen LogP contribution is 2.31. The summed E-state index contributed by atoms with van der Waals surface area (Å²) in [6.45, 7) is 5.54. The molecule has 0 amide bonds. The molecule has 0 aliphatic heterocycles. The van der Waals surface area contributed by atoms with E-state index in [1.807, 2.05) is 13.0 Å². The van der Waals surface area contributed by atoms with Crippen LogP contribution in [0.4, 0.5) is 11.4 Å². The minimum absolute atomic E-state index is 0.0696. The summed E-state index contributed by atoms with van der Waals surface area (Å²) in [4.78, 5) is 10.6. The fourth-order valence-electron chi connectivity index (χ4n) is 2.99. The average molecular weight is 292 g/mol. The predicted octanol–water partition coefficient (Wildman–Crippen LogP) is 4.23. The molecule has 0 spiro atoms. The fourth-order valence-corrected chi connectivity index (χ4v) is 2.99. The molecule has 1 aliphatic carbocycles. The normalized spacial score (nSPS) is 21.8. The quantitative estimate of drug-likeness (QED) is 0.629. The highest BCUT2D eigenvalue weighted by Gasteiger charge is 2.21. The molecule has 116 valence electrons. The first-order valence-corrected chi connectivity index (χ1v) is 7.76. The Balaban J connectivity index is 2.05. The fraction of sp³-hybridized carbons (Fsp3) is 0.625. The molecule has 0 bridgehead atoms. The van der Waals surface area contributed by atoms with Crippen molar-refractivity contribution in [2.75, 3.05) is 18.5 Å². The molecule has 0 aromatic heterocycles. The van der Waals surface area contributed by atoms with Gasteiger partial charge in [-0.25, -0.2) is 0 Å². The molecule has 0 heterocycles. The molecule has 1 fully saturated rings. The van der Waals surface area contributed by atoms with Crippen molar-refractivity contribution in [3.8, 4) is 5.75 Å². The van der Waals surface area contributed by atoms with Crippen molar-refractivity contribution < 1.29 is 9.66 Å². The Morgan fingerprint density at radius 2 is 2.10 bits per heavy atom. The van der Waals surface area contributed by atoms with Crippen molar-refractivity contribution in [2.45, 2.75) is 39.5 Å². The van der Waals surface area contributed by atoms with Crippen LogP contribution in [0.2, 0.25) is 0 Å². The molecule has 5 nitrogen and oxygen atoms in total. The predicted molar refractivity (Wildman–Crippen MR) is 83.9 cm³/mol. The maximum absolute atomic E-state index is 11.0. The van der Waals surface area contributed by atoms with Gasteiger partial charge >= 0.3 is 0 Å². The lowest BCUT2D eigenvalue weighted by Crippen LogP contribution is -2.24. The van der Waals surface area contributed by atoms with E-state index in [9.17, 15) is 10.1 Å². The van der Waals surface area contributed by atoms with Gasteiger partial charge in [-0.05, 0) is 25.2 Å². The summed E-state index contributed by atoms with van der Waals surface area (Å²) < 4.78 is 5.41. The number of nitrogens with one attached hydrogen (secondary N) is 1. The number of hydrogen-bond acceptors (Lipinski definition) is 4. The van der Waals surface area contributed by atoms with Crippen molar-refractivity contribution in [3.05, 3.63) is 28.3 Å². The number of nitro benzene ring substituents is 1. The molecule has 0 radical (unpaired) electrons. The molecule has 5 heteroatoms. The van der Waals surface area contributed by atoms with Crippen LogP contribution in [0, 0.1) is 22.0 Å². The molecule has 1 saturated carbocycles. The number of anilines is 1. The van der Waals surface area contributed by atoms with Gasteiger partial charge in [0.05, 0.1) is 17.6 Å². The summed E-state index contributed by atoms with van der Waals surface area (Å²) in [6.07, 6.45) is 5.13. The lowest BCUT2D eigenvalue weighted by Gasteiger charge is -2.29. The first-order valence-electron chi connectivity index (χ1n) is 7.76. The topological polar surface area (TPSA) is 64.4 Å². The van der Waals surface area contributed by atoms with Gasteiger partial charge in [-0.1, -0.05) is 26.2 Å². The molecular weight excluding hydrogens is 268 g/mol. The minimum Gasteiger partial charge on any atom is -0.494 e. The van der Waals surface area contributed by atoms with Gasteiger partial charge in [0.1, 0.15) is 5.75 Å². The molecule has 0 saturated heterocycles. The first-order chi connectivity index (χ1) is 10.1. The van der Waals surface area contributed by atoms with Crippen LogP contribution in [-0.2, 0) is 0 Å². The molecule has 21 heavy (non-hydrogen) atoms. The Bertz CT molecular complexity index is 490. The van der Waals surface area contributed by atoms with E-state index in [2.05, 4.69) is 12.2 Å². The minimum atomic E-state index is -0.378. The highest BCUT2D eigenvalue weighted by atomic mass is 16.6. The number of rotatable bonds is 6. The van der Waals surface area contributed by atoms with Crippen molar-refractivity contribution in [2.24, 2.45) is 11.8 Å². The van der Waals surface area contributed by atoms with E-state index in [0.29, 0.717) is 18.3 Å². The third-order valence-corrected chi connectivity index (χ3v) is 4.27. The Labute approximate surface area is 125 Å². The second kappa shape index (κ2) is 7.29. The highest BCUT2D eigenvalue weighted by molar-refractivity contribution is 5.56. The summed E-state index contributed by atoms with van der Waals surface area (Å²) in [6, 6.07) is 4.89. The Morgan fingerprint density at radius 1 is 1.33 bits per heavy atom. The van der Waals surface area contributed by atoms with E-state index in [0.717, 1.165) is 18.2 Å². The Hall–Kier alpha value is -1.78. The first kappa shape index (κ1) is 15.6. The lowest BCUT2D eigenvalue weighted by molar-refractivity contribution is -0.384. The zero-order valence-electron chi connectivity index (χ0n) is 12.8. The molecule has 2 atom stereocenters. The zero-order valence-corrected chi connectivity index (χ0v) is 12.8. The van der Waals surface area contributed by atoms with Gasteiger partial charge in [-0.2, -0.15) is 0 Å². The summed E-state index contributed by atoms with van der Waals surface area (Å²) in [5.41, 5.74) is 0.838. The van der Waals surface area contributed by atoms with Gasteiger partial charge < -0.3 is 10.1 Å². The molecule has 1 N–H and O–H groups in total. The van der Waals surface area contributed by atoms with E-state index in [4.69, 9.17) is 4.74 Å². The number of ether oxygens (including phenoxy) is 1. The number of non-ortho nitro benzene ring substituents is 1. The van der Waals surface area contributed by atoms with Crippen molar-refractivity contribution >= 4 is 11.4 Å². The van der Waals surface area contributed by atoms with Gasteiger partial charge in [0.2, 0.25) is 0 Å². The van der Waals surface area contributed by atoms with Gasteiger partial charge in [0.25, 0.3) is 5.69 Å². The molecule has 1 aliphatic rings. The van der Waals surface area contributed by atoms with E-state index in [-0.39, 0.29) is 10.6 Å². The van der Waals surface area contributed by atoms with E-state index >= 15 is 0 Å². The van der Waals surface area contributed by atoms with Crippen LogP contribution in [0.15, 0.2) is 18.2 Å². The second-order valence-corrected chi connectivity index (χ2v) is 5.81. The van der Waals surface area contributed by atoms with Crippen molar-refractivity contribution in [1.29, 1.82) is 0 Å². The Morgan fingerprint density at radius 3 is 2.76 bits per heavy atom. The molecule has 1 aromatic rings. The van der Waals surface area contributed by atoms with Gasteiger partial charge in [0.15, 0.2) is 0 Å². The number of nitrogens with zero attached hydrogens (tertiary/aromatic N) is 1. The second-order valence-electron chi connectivity index (χ2n) is 5.81. The van der Waals surface area contributed by atoms with Crippen LogP contribution in [-0.4, -0.2) is 18.1 Å². The van der Waals surface area contributed by atoms with Crippen LogP contribution in [0.1, 0.15) is 39.5 Å². The lowest BCUT2D eigenvalue weighted by atomic mass is 9.80. The van der Waals surface area contributed by atoms with Gasteiger partial charge in [-0.3, -0.25) is 10.1 Å². The summed E-state index contributed by atoms with van der Waals surface area (Å²) >= 11 is 0. The largest absolute Gasteiger partial charge is 0.494 e. The standard InChI is InChI=1S/C16H24N2O3/c1-3-21-16-9-14(8-15(10-16)18(19)20)17-11-13-7-5-4-6-12(13)2/h8-10,12-13,17H,3-7,11H2,1-2H3. The SMILES string of the molecule is CCOc1cc(NCC2CCCCC2C)cc([N+](=O)[O-])c1.